The van der Waals surface area contributed by atoms with E-state index < -0.39 is 5.60 Å². The zero-order valence-corrected chi connectivity index (χ0v) is 13.6. The number of carbonyl (C=O) groups is 2. The van der Waals surface area contributed by atoms with Crippen LogP contribution in [0.3, 0.4) is 0 Å². The summed E-state index contributed by atoms with van der Waals surface area (Å²) in [5.74, 6) is -0.544. The highest BCUT2D eigenvalue weighted by molar-refractivity contribution is 5.79. The fraction of sp³-hybridized carbons (Fsp3) is 0.300. The van der Waals surface area contributed by atoms with Gasteiger partial charge in [-0.25, -0.2) is 0 Å². The van der Waals surface area contributed by atoms with E-state index >= 15 is 0 Å². The molecule has 0 amide bonds. The summed E-state index contributed by atoms with van der Waals surface area (Å²) in [5, 5.41) is 0. The van der Waals surface area contributed by atoms with Crippen molar-refractivity contribution >= 4 is 12.3 Å². The molecule has 4 heteroatoms. The van der Waals surface area contributed by atoms with Crippen molar-refractivity contribution in [3.05, 3.63) is 71.3 Å². The first-order valence-corrected chi connectivity index (χ1v) is 7.97. The van der Waals surface area contributed by atoms with Crippen LogP contribution < -0.4 is 0 Å². The molecule has 4 nitrogen and oxygen atoms in total. The SMILES string of the molecule is COC(=O)[C@@H]1C[C@]1(Cc1ccccc1C=O)OCc1ccccc1. The Morgan fingerprint density at radius 1 is 1.17 bits per heavy atom. The normalized spacial score (nSPS) is 22.0. The van der Waals surface area contributed by atoms with E-state index in [1.165, 1.54) is 7.11 Å². The fourth-order valence-corrected chi connectivity index (χ4v) is 3.07. The molecule has 1 aliphatic rings. The van der Waals surface area contributed by atoms with Crippen molar-refractivity contribution in [2.45, 2.75) is 25.0 Å². The van der Waals surface area contributed by atoms with E-state index in [1.54, 1.807) is 6.07 Å². The number of esters is 1. The van der Waals surface area contributed by atoms with Gasteiger partial charge in [0.25, 0.3) is 0 Å². The Morgan fingerprint density at radius 3 is 2.58 bits per heavy atom. The summed E-state index contributed by atoms with van der Waals surface area (Å²) in [7, 11) is 1.39. The van der Waals surface area contributed by atoms with Crippen LogP contribution in [0.1, 0.15) is 27.9 Å². The zero-order chi connectivity index (χ0) is 17.0. The van der Waals surface area contributed by atoms with Gasteiger partial charge in [0.2, 0.25) is 0 Å². The molecule has 0 aromatic heterocycles. The van der Waals surface area contributed by atoms with Crippen molar-refractivity contribution in [2.75, 3.05) is 7.11 Å². The summed E-state index contributed by atoms with van der Waals surface area (Å²) < 4.78 is 11.0. The van der Waals surface area contributed by atoms with Gasteiger partial charge in [0, 0.05) is 12.0 Å². The second-order valence-electron chi connectivity index (χ2n) is 6.11. The van der Waals surface area contributed by atoms with Gasteiger partial charge < -0.3 is 9.47 Å². The highest BCUT2D eigenvalue weighted by Crippen LogP contribution is 2.50. The van der Waals surface area contributed by atoms with E-state index in [-0.39, 0.29) is 11.9 Å². The number of benzene rings is 2. The molecule has 0 spiro atoms. The highest BCUT2D eigenvalue weighted by Gasteiger charge is 2.60. The molecule has 0 radical (unpaired) electrons. The van der Waals surface area contributed by atoms with Gasteiger partial charge in [-0.1, -0.05) is 54.6 Å². The van der Waals surface area contributed by atoms with Gasteiger partial charge >= 0.3 is 5.97 Å². The summed E-state index contributed by atoms with van der Waals surface area (Å²) in [5.41, 5.74) is 1.99. The first-order valence-electron chi connectivity index (χ1n) is 7.97. The number of rotatable bonds is 7. The number of ether oxygens (including phenoxy) is 2. The van der Waals surface area contributed by atoms with E-state index in [9.17, 15) is 9.59 Å². The van der Waals surface area contributed by atoms with Crippen LogP contribution >= 0.6 is 0 Å². The van der Waals surface area contributed by atoms with Gasteiger partial charge in [0.1, 0.15) is 6.29 Å². The lowest BCUT2D eigenvalue weighted by molar-refractivity contribution is -0.145. The van der Waals surface area contributed by atoms with Crippen molar-refractivity contribution in [2.24, 2.45) is 5.92 Å². The van der Waals surface area contributed by atoms with Gasteiger partial charge in [-0.05, 0) is 17.5 Å². The Labute approximate surface area is 141 Å². The van der Waals surface area contributed by atoms with Crippen LogP contribution in [-0.2, 0) is 27.3 Å². The fourth-order valence-electron chi connectivity index (χ4n) is 3.07. The lowest BCUT2D eigenvalue weighted by Crippen LogP contribution is -2.25. The van der Waals surface area contributed by atoms with Crippen molar-refractivity contribution in [1.82, 2.24) is 0 Å². The molecule has 1 aliphatic carbocycles. The van der Waals surface area contributed by atoms with Crippen LogP contribution in [0.2, 0.25) is 0 Å². The standard InChI is InChI=1S/C20H20O4/c1-23-19(22)18-12-20(18,24-14-15-7-3-2-4-8-15)11-16-9-5-6-10-17(16)13-21/h2-10,13,18H,11-12,14H2,1H3/t18-,20-/m0/s1. The van der Waals surface area contributed by atoms with Gasteiger partial charge in [-0.15, -0.1) is 0 Å². The van der Waals surface area contributed by atoms with Gasteiger partial charge in [-0.2, -0.15) is 0 Å². The summed E-state index contributed by atoms with van der Waals surface area (Å²) >= 11 is 0. The molecule has 3 rings (SSSR count). The summed E-state index contributed by atoms with van der Waals surface area (Å²) in [4.78, 5) is 23.2. The van der Waals surface area contributed by atoms with E-state index in [2.05, 4.69) is 0 Å². The molecule has 0 N–H and O–H groups in total. The van der Waals surface area contributed by atoms with Crippen molar-refractivity contribution in [3.8, 4) is 0 Å². The van der Waals surface area contributed by atoms with E-state index in [0.29, 0.717) is 25.0 Å². The molecule has 24 heavy (non-hydrogen) atoms. The maximum Gasteiger partial charge on any atom is 0.311 e. The van der Waals surface area contributed by atoms with E-state index in [0.717, 1.165) is 17.4 Å². The molecule has 1 fully saturated rings. The molecule has 2 atom stereocenters. The molecule has 0 saturated heterocycles. The topological polar surface area (TPSA) is 52.6 Å². The largest absolute Gasteiger partial charge is 0.469 e. The predicted molar refractivity (Wildman–Crippen MR) is 89.6 cm³/mol. The zero-order valence-electron chi connectivity index (χ0n) is 13.6. The number of aldehydes is 1. The van der Waals surface area contributed by atoms with Crippen molar-refractivity contribution in [3.63, 3.8) is 0 Å². The third kappa shape index (κ3) is 3.39. The molecule has 0 heterocycles. The number of hydrogen-bond donors (Lipinski definition) is 0. The third-order valence-electron chi connectivity index (χ3n) is 4.55. The van der Waals surface area contributed by atoms with Crippen molar-refractivity contribution in [1.29, 1.82) is 0 Å². The summed E-state index contributed by atoms with van der Waals surface area (Å²) in [6, 6.07) is 17.2. The Bertz CT molecular complexity index is 725. The van der Waals surface area contributed by atoms with E-state index in [1.807, 2.05) is 48.5 Å². The van der Waals surface area contributed by atoms with Gasteiger partial charge in [-0.3, -0.25) is 9.59 Å². The molecule has 1 saturated carbocycles. The lowest BCUT2D eigenvalue weighted by Gasteiger charge is -2.19. The Kier molecular flexibility index (Phi) is 4.76. The molecule has 2 aromatic carbocycles. The molecular weight excluding hydrogens is 304 g/mol. The van der Waals surface area contributed by atoms with Crippen LogP contribution in [-0.4, -0.2) is 25.0 Å². The van der Waals surface area contributed by atoms with Crippen LogP contribution in [0.15, 0.2) is 54.6 Å². The van der Waals surface area contributed by atoms with Crippen LogP contribution in [0.4, 0.5) is 0 Å². The minimum Gasteiger partial charge on any atom is -0.469 e. The molecule has 124 valence electrons. The summed E-state index contributed by atoms with van der Waals surface area (Å²) in [6.07, 6.45) is 1.98. The first kappa shape index (κ1) is 16.4. The van der Waals surface area contributed by atoms with Gasteiger partial charge in [0.15, 0.2) is 0 Å². The molecule has 0 bridgehead atoms. The lowest BCUT2D eigenvalue weighted by atomic mass is 9.99. The molecular formula is C20H20O4. The highest BCUT2D eigenvalue weighted by atomic mass is 16.5. The second kappa shape index (κ2) is 6.97. The number of carbonyl (C=O) groups excluding carboxylic acids is 2. The molecule has 2 aromatic rings. The van der Waals surface area contributed by atoms with Crippen LogP contribution in [0.5, 0.6) is 0 Å². The average molecular weight is 324 g/mol. The minimum atomic E-state index is -0.595. The second-order valence-corrected chi connectivity index (χ2v) is 6.11. The van der Waals surface area contributed by atoms with E-state index in [4.69, 9.17) is 9.47 Å². The Morgan fingerprint density at radius 2 is 1.88 bits per heavy atom. The quantitative estimate of drug-likeness (QED) is 0.580. The van der Waals surface area contributed by atoms with Crippen molar-refractivity contribution < 1.29 is 19.1 Å². The molecule has 0 aliphatic heterocycles. The molecule has 0 unspecified atom stereocenters. The van der Waals surface area contributed by atoms with Crippen LogP contribution in [0, 0.1) is 5.92 Å². The number of methoxy groups -OCH3 is 1. The maximum atomic E-state index is 12.0. The Hall–Kier alpha value is -2.46. The maximum absolute atomic E-state index is 12.0. The van der Waals surface area contributed by atoms with Gasteiger partial charge in [0.05, 0.1) is 25.2 Å². The predicted octanol–water partition coefficient (Wildman–Crippen LogP) is 3.19. The monoisotopic (exact) mass is 324 g/mol. The minimum absolute atomic E-state index is 0.258. The number of hydrogen-bond acceptors (Lipinski definition) is 4. The smallest absolute Gasteiger partial charge is 0.311 e. The van der Waals surface area contributed by atoms with Crippen LogP contribution in [0.25, 0.3) is 0 Å². The Balaban J connectivity index is 1.79. The average Bonchev–Trinajstić information content (AvgIpc) is 3.35. The third-order valence-corrected chi connectivity index (χ3v) is 4.55. The first-order chi connectivity index (χ1) is 11.7. The summed E-state index contributed by atoms with van der Waals surface area (Å²) in [6.45, 7) is 0.428.